The molecule has 1 amide bonds. The van der Waals surface area contributed by atoms with E-state index in [0.717, 1.165) is 56.0 Å². The molecule has 0 bridgehead atoms. The Labute approximate surface area is 181 Å². The number of hydrogen-bond acceptors (Lipinski definition) is 5. The Morgan fingerprint density at radius 3 is 2.83 bits per heavy atom. The van der Waals surface area contributed by atoms with Crippen molar-refractivity contribution in [3.63, 3.8) is 0 Å². The molecule has 1 saturated heterocycles. The van der Waals surface area contributed by atoms with Gasteiger partial charge in [-0.25, -0.2) is 9.98 Å². The highest BCUT2D eigenvalue weighted by molar-refractivity contribution is 7.97. The number of carbonyl (C=O) groups is 1. The largest absolute Gasteiger partial charge is 0.379 e. The minimum Gasteiger partial charge on any atom is -0.379 e. The van der Waals surface area contributed by atoms with Gasteiger partial charge in [-0.3, -0.25) is 15.1 Å². The molecule has 1 aromatic heterocycles. The first-order valence-electron chi connectivity index (χ1n) is 9.45. The van der Waals surface area contributed by atoms with E-state index in [9.17, 15) is 4.79 Å². The Bertz CT molecular complexity index is 956. The number of nitrogens with one attached hydrogen (secondary N) is 3. The van der Waals surface area contributed by atoms with Gasteiger partial charge >= 0.3 is 0 Å². The van der Waals surface area contributed by atoms with Crippen molar-refractivity contribution < 1.29 is 9.53 Å². The lowest BCUT2D eigenvalue weighted by molar-refractivity contribution is -0.111. The van der Waals surface area contributed by atoms with E-state index in [2.05, 4.69) is 44.7 Å². The summed E-state index contributed by atoms with van der Waals surface area (Å²) in [6.07, 6.45) is 2.15. The van der Waals surface area contributed by atoms with Gasteiger partial charge in [-0.2, -0.15) is 0 Å². The van der Waals surface area contributed by atoms with Crippen LogP contribution in [-0.4, -0.2) is 53.6 Å². The minimum absolute atomic E-state index is 0.272. The van der Waals surface area contributed by atoms with Crippen LogP contribution in [0.2, 0.25) is 0 Å². The van der Waals surface area contributed by atoms with Crippen molar-refractivity contribution >= 4 is 41.5 Å². The maximum Gasteiger partial charge on any atom is 0.247 e. The van der Waals surface area contributed by atoms with E-state index in [1.807, 2.05) is 36.4 Å². The van der Waals surface area contributed by atoms with Crippen molar-refractivity contribution in [3.8, 4) is 11.3 Å². The van der Waals surface area contributed by atoms with Crippen molar-refractivity contribution in [1.29, 1.82) is 5.41 Å². The van der Waals surface area contributed by atoms with Crippen LogP contribution in [0.15, 0.2) is 54.0 Å². The number of benzene rings is 1. The summed E-state index contributed by atoms with van der Waals surface area (Å²) in [4.78, 5) is 22.4. The highest BCUT2D eigenvalue weighted by Crippen LogP contribution is 2.25. The quantitative estimate of drug-likeness (QED) is 0.237. The molecule has 0 aliphatic carbocycles. The van der Waals surface area contributed by atoms with E-state index in [4.69, 9.17) is 10.1 Å². The molecular formula is C21H24N6O2S. The van der Waals surface area contributed by atoms with Crippen LogP contribution in [0.25, 0.3) is 11.3 Å². The molecule has 156 valence electrons. The molecule has 1 aliphatic rings. The fraction of sp³-hybridized carbons (Fsp3) is 0.238. The lowest BCUT2D eigenvalue weighted by Gasteiger charge is -2.26. The highest BCUT2D eigenvalue weighted by atomic mass is 32.1. The van der Waals surface area contributed by atoms with Gasteiger partial charge in [0.1, 0.15) is 12.2 Å². The number of amidine groups is 1. The molecule has 8 nitrogen and oxygen atoms in total. The molecule has 0 radical (unpaired) electrons. The zero-order valence-electron chi connectivity index (χ0n) is 16.5. The van der Waals surface area contributed by atoms with Gasteiger partial charge in [-0.15, -0.1) is 12.6 Å². The van der Waals surface area contributed by atoms with Gasteiger partial charge in [0.25, 0.3) is 0 Å². The van der Waals surface area contributed by atoms with Crippen LogP contribution in [0.3, 0.4) is 0 Å². The molecule has 2 aromatic rings. The number of pyridine rings is 1. The number of hydrogen-bond donors (Lipinski definition) is 4. The van der Waals surface area contributed by atoms with Gasteiger partial charge in [-0.1, -0.05) is 18.7 Å². The molecule has 0 unspecified atom stereocenters. The number of thiol groups is 1. The molecule has 1 aliphatic heterocycles. The Kier molecular flexibility index (Phi) is 7.72. The van der Waals surface area contributed by atoms with Crippen LogP contribution in [0.4, 0.5) is 11.5 Å². The molecule has 30 heavy (non-hydrogen) atoms. The van der Waals surface area contributed by atoms with E-state index >= 15 is 0 Å². The van der Waals surface area contributed by atoms with Gasteiger partial charge in [0.15, 0.2) is 5.17 Å². The molecule has 0 spiro atoms. The molecular weight excluding hydrogens is 400 g/mol. The number of morpholine rings is 1. The second-order valence-corrected chi connectivity index (χ2v) is 7.04. The second kappa shape index (κ2) is 10.7. The Morgan fingerprint density at radius 1 is 1.30 bits per heavy atom. The first-order valence-corrected chi connectivity index (χ1v) is 9.90. The number of amides is 1. The maximum absolute atomic E-state index is 11.6. The zero-order valence-corrected chi connectivity index (χ0v) is 17.4. The number of carbonyl (C=O) groups excluding carboxylic acids is 1. The van der Waals surface area contributed by atoms with E-state index < -0.39 is 0 Å². The van der Waals surface area contributed by atoms with Crippen molar-refractivity contribution in [3.05, 3.63) is 54.6 Å². The average Bonchev–Trinajstić information content (AvgIpc) is 2.74. The predicted octanol–water partition coefficient (Wildman–Crippen LogP) is 3.01. The third-order valence-corrected chi connectivity index (χ3v) is 4.66. The van der Waals surface area contributed by atoms with Crippen LogP contribution in [0.5, 0.6) is 0 Å². The molecule has 9 heteroatoms. The highest BCUT2D eigenvalue weighted by Gasteiger charge is 2.13. The number of aliphatic imine (C=N–C) groups is 1. The Morgan fingerprint density at radius 2 is 2.10 bits per heavy atom. The summed E-state index contributed by atoms with van der Waals surface area (Å²) in [6, 6.07) is 11.4. The maximum atomic E-state index is 11.6. The monoisotopic (exact) mass is 424 g/mol. The molecule has 1 aromatic carbocycles. The number of aromatic nitrogens is 1. The summed E-state index contributed by atoms with van der Waals surface area (Å²) in [7, 11) is 0. The Balaban J connectivity index is 1.93. The summed E-state index contributed by atoms with van der Waals surface area (Å²) < 4.78 is 5.43. The molecule has 3 N–H and O–H groups in total. The van der Waals surface area contributed by atoms with Gasteiger partial charge in [0.05, 0.1) is 18.9 Å². The van der Waals surface area contributed by atoms with Crippen molar-refractivity contribution in [2.75, 3.05) is 36.9 Å². The third kappa shape index (κ3) is 6.24. The fourth-order valence-corrected chi connectivity index (χ4v) is 3.24. The SMILES string of the molecule is C=CC(=O)Nc1cccc(-c2cc(CN3CCOCC3)cc(N/C(S)=N/C=N)n2)c1. The van der Waals surface area contributed by atoms with Crippen LogP contribution in [0.1, 0.15) is 5.56 Å². The van der Waals surface area contributed by atoms with Crippen molar-refractivity contribution in [2.24, 2.45) is 4.99 Å². The van der Waals surface area contributed by atoms with Crippen molar-refractivity contribution in [2.45, 2.75) is 6.54 Å². The summed E-state index contributed by atoms with van der Waals surface area (Å²) in [5, 5.41) is 13.2. The van der Waals surface area contributed by atoms with Crippen LogP contribution < -0.4 is 10.6 Å². The van der Waals surface area contributed by atoms with E-state index in [-0.39, 0.29) is 11.1 Å². The molecule has 1 fully saturated rings. The number of rotatable bonds is 7. The summed E-state index contributed by atoms with van der Waals surface area (Å²) in [6.45, 7) is 7.42. The number of anilines is 2. The van der Waals surface area contributed by atoms with Crippen molar-refractivity contribution in [1.82, 2.24) is 9.88 Å². The summed E-state index contributed by atoms with van der Waals surface area (Å²) in [5.41, 5.74) is 3.33. The second-order valence-electron chi connectivity index (χ2n) is 6.62. The normalized spacial score (nSPS) is 14.8. The van der Waals surface area contributed by atoms with Gasteiger partial charge in [0, 0.05) is 30.9 Å². The first-order chi connectivity index (χ1) is 14.6. The summed E-state index contributed by atoms with van der Waals surface area (Å²) in [5.74, 6) is 0.304. The number of nitrogens with zero attached hydrogens (tertiary/aromatic N) is 3. The molecule has 2 heterocycles. The van der Waals surface area contributed by atoms with Gasteiger partial charge in [0.2, 0.25) is 5.91 Å². The van der Waals surface area contributed by atoms with E-state index in [1.165, 1.54) is 6.08 Å². The molecule has 0 atom stereocenters. The Hall–Kier alpha value is -3.01. The third-order valence-electron chi connectivity index (χ3n) is 4.43. The number of ether oxygens (including phenoxy) is 1. The lowest BCUT2D eigenvalue weighted by atomic mass is 10.1. The molecule has 3 rings (SSSR count). The smallest absolute Gasteiger partial charge is 0.247 e. The van der Waals surface area contributed by atoms with Crippen LogP contribution in [-0.2, 0) is 16.1 Å². The van der Waals surface area contributed by atoms with E-state index in [0.29, 0.717) is 11.5 Å². The minimum atomic E-state index is -0.272. The summed E-state index contributed by atoms with van der Waals surface area (Å²) >= 11 is 4.24. The average molecular weight is 425 g/mol. The topological polar surface area (TPSA) is 103 Å². The van der Waals surface area contributed by atoms with Gasteiger partial charge in [-0.05, 0) is 35.9 Å². The zero-order chi connectivity index (χ0) is 21.3. The van der Waals surface area contributed by atoms with E-state index in [1.54, 1.807) is 0 Å². The van der Waals surface area contributed by atoms with Crippen LogP contribution in [0, 0.1) is 5.41 Å². The standard InChI is InChI=1S/C21H24N6O2S/c1-2-20(28)24-17-5-3-4-16(12-17)18-10-15(13-27-6-8-29-9-7-27)11-19(25-18)26-21(30)23-14-22/h2-5,10-12,14H,1,6-9,13H2,(H,24,28)(H3,22,23,25,26,30). The fourth-order valence-electron chi connectivity index (χ4n) is 3.07. The predicted molar refractivity (Wildman–Crippen MR) is 123 cm³/mol. The lowest BCUT2D eigenvalue weighted by Crippen LogP contribution is -2.35. The first kappa shape index (κ1) is 21.7. The molecule has 0 saturated carbocycles. The van der Waals surface area contributed by atoms with Crippen LogP contribution >= 0.6 is 12.6 Å². The van der Waals surface area contributed by atoms with Gasteiger partial charge < -0.3 is 15.4 Å².